The van der Waals surface area contributed by atoms with Gasteiger partial charge in [-0.1, -0.05) is 24.3 Å². The van der Waals surface area contributed by atoms with Crippen LogP contribution in [0.5, 0.6) is 5.75 Å². The number of carbonyl (C=O) groups excluding carboxylic acids is 2. The van der Waals surface area contributed by atoms with Crippen molar-refractivity contribution in [2.75, 3.05) is 38.1 Å². The van der Waals surface area contributed by atoms with E-state index in [9.17, 15) is 14.0 Å². The van der Waals surface area contributed by atoms with Crippen LogP contribution in [0.1, 0.15) is 17.3 Å². The number of benzene rings is 2. The smallest absolute Gasteiger partial charge is 0.254 e. The predicted molar refractivity (Wildman–Crippen MR) is 105 cm³/mol. The maximum absolute atomic E-state index is 13.6. The number of nitrogens with one attached hydrogen (secondary N) is 1. The van der Waals surface area contributed by atoms with Gasteiger partial charge in [0.2, 0.25) is 5.91 Å². The minimum absolute atomic E-state index is 0.0799. The lowest BCUT2D eigenvalue weighted by Crippen LogP contribution is -2.48. The molecule has 0 spiro atoms. The third kappa shape index (κ3) is 4.42. The number of fused-ring (bicyclic) bond motifs is 1. The Kier molecular flexibility index (Phi) is 6.13. The van der Waals surface area contributed by atoms with Gasteiger partial charge in [0.05, 0.1) is 30.9 Å². The van der Waals surface area contributed by atoms with Gasteiger partial charge in [-0.2, -0.15) is 0 Å². The molecule has 0 radical (unpaired) electrons. The second kappa shape index (κ2) is 8.73. The predicted octanol–water partition coefficient (Wildman–Crippen LogP) is 2.30. The molecular weight excluding hydrogens is 361 g/mol. The van der Waals surface area contributed by atoms with Gasteiger partial charge in [0.25, 0.3) is 5.91 Å². The van der Waals surface area contributed by atoms with E-state index in [1.54, 1.807) is 13.1 Å². The second-order valence-corrected chi connectivity index (χ2v) is 6.68. The van der Waals surface area contributed by atoms with Crippen molar-refractivity contribution >= 4 is 17.5 Å². The molecule has 1 N–H and O–H groups in total. The summed E-state index contributed by atoms with van der Waals surface area (Å²) >= 11 is 0. The summed E-state index contributed by atoms with van der Waals surface area (Å²) in [5.41, 5.74) is 0.969. The lowest BCUT2D eigenvalue weighted by molar-refractivity contribution is -0.129. The van der Waals surface area contributed by atoms with E-state index in [2.05, 4.69) is 17.1 Å². The monoisotopic (exact) mass is 385 g/mol. The minimum Gasteiger partial charge on any atom is -0.485 e. The lowest BCUT2D eigenvalue weighted by atomic mass is 10.2. The maximum Gasteiger partial charge on any atom is 0.254 e. The Morgan fingerprint density at radius 1 is 1.21 bits per heavy atom. The summed E-state index contributed by atoms with van der Waals surface area (Å²) in [4.78, 5) is 28.2. The van der Waals surface area contributed by atoms with Crippen molar-refractivity contribution in [3.05, 3.63) is 59.9 Å². The number of ether oxygens (including phenoxy) is 1. The summed E-state index contributed by atoms with van der Waals surface area (Å²) < 4.78 is 19.7. The van der Waals surface area contributed by atoms with Crippen LogP contribution in [-0.4, -0.2) is 56.0 Å². The molecule has 6 nitrogen and oxygen atoms in total. The number of amides is 2. The zero-order chi connectivity index (χ0) is 20.1. The molecule has 1 aliphatic heterocycles. The van der Waals surface area contributed by atoms with Crippen molar-refractivity contribution in [2.45, 2.75) is 13.0 Å². The van der Waals surface area contributed by atoms with E-state index in [-0.39, 0.29) is 24.1 Å². The van der Waals surface area contributed by atoms with Crippen LogP contribution in [0, 0.1) is 5.82 Å². The zero-order valence-electron chi connectivity index (χ0n) is 16.0. The first-order valence-electron chi connectivity index (χ1n) is 9.27. The molecule has 1 heterocycles. The first kappa shape index (κ1) is 19.7. The molecule has 148 valence electrons. The Hall–Kier alpha value is -3.09. The van der Waals surface area contributed by atoms with Crippen LogP contribution in [0.3, 0.4) is 0 Å². The molecule has 2 amide bonds. The number of para-hydroxylation sites is 2. The summed E-state index contributed by atoms with van der Waals surface area (Å²) in [6.45, 7) is 3.77. The molecule has 0 unspecified atom stereocenters. The zero-order valence-corrected chi connectivity index (χ0v) is 16.0. The fourth-order valence-corrected chi connectivity index (χ4v) is 3.21. The van der Waals surface area contributed by atoms with Gasteiger partial charge < -0.3 is 19.9 Å². The summed E-state index contributed by atoms with van der Waals surface area (Å²) in [7, 11) is 1.66. The van der Waals surface area contributed by atoms with E-state index in [1.807, 2.05) is 24.3 Å². The van der Waals surface area contributed by atoms with E-state index in [4.69, 9.17) is 4.74 Å². The molecule has 3 rings (SSSR count). The topological polar surface area (TPSA) is 61.9 Å². The summed E-state index contributed by atoms with van der Waals surface area (Å²) in [6, 6.07) is 13.5. The van der Waals surface area contributed by atoms with Crippen molar-refractivity contribution in [3.8, 4) is 5.75 Å². The van der Waals surface area contributed by atoms with Crippen LogP contribution >= 0.6 is 0 Å². The van der Waals surface area contributed by atoms with Crippen molar-refractivity contribution < 1.29 is 18.7 Å². The third-order valence-electron chi connectivity index (χ3n) is 4.73. The van der Waals surface area contributed by atoms with Crippen LogP contribution in [0.2, 0.25) is 0 Å². The van der Waals surface area contributed by atoms with E-state index >= 15 is 0 Å². The highest BCUT2D eigenvalue weighted by Gasteiger charge is 2.26. The molecule has 0 saturated heterocycles. The Bertz CT molecular complexity index is 858. The van der Waals surface area contributed by atoms with Gasteiger partial charge >= 0.3 is 0 Å². The summed E-state index contributed by atoms with van der Waals surface area (Å²) in [6.07, 6.45) is -0.175. The number of carbonyl (C=O) groups is 2. The fourth-order valence-electron chi connectivity index (χ4n) is 3.21. The van der Waals surface area contributed by atoms with Crippen molar-refractivity contribution in [1.29, 1.82) is 0 Å². The van der Waals surface area contributed by atoms with Gasteiger partial charge in [-0.15, -0.1) is 0 Å². The van der Waals surface area contributed by atoms with Gasteiger partial charge in [0, 0.05) is 13.6 Å². The largest absolute Gasteiger partial charge is 0.485 e. The summed E-state index contributed by atoms with van der Waals surface area (Å²) in [5, 5.41) is 2.47. The number of hydrogen-bond acceptors (Lipinski definition) is 4. The molecule has 0 fully saturated rings. The average Bonchev–Trinajstić information content (AvgIpc) is 2.71. The fraction of sp³-hybridized carbons (Fsp3) is 0.333. The Labute approximate surface area is 163 Å². The number of hydrogen-bond donors (Lipinski definition) is 1. The average molecular weight is 385 g/mol. The van der Waals surface area contributed by atoms with Crippen LogP contribution in [0.15, 0.2) is 48.5 Å². The highest BCUT2D eigenvalue weighted by Crippen LogP contribution is 2.32. The highest BCUT2D eigenvalue weighted by atomic mass is 19.1. The van der Waals surface area contributed by atoms with Gasteiger partial charge in [0.1, 0.15) is 17.7 Å². The maximum atomic E-state index is 13.6. The van der Waals surface area contributed by atoms with Crippen LogP contribution < -0.4 is 15.0 Å². The van der Waals surface area contributed by atoms with E-state index in [1.165, 1.54) is 23.1 Å². The van der Waals surface area contributed by atoms with Crippen LogP contribution in [-0.2, 0) is 4.79 Å². The molecule has 0 aliphatic carbocycles. The molecule has 0 bridgehead atoms. The molecule has 28 heavy (non-hydrogen) atoms. The Morgan fingerprint density at radius 2 is 1.93 bits per heavy atom. The number of nitrogens with zero attached hydrogens (tertiary/aromatic N) is 2. The summed E-state index contributed by atoms with van der Waals surface area (Å²) in [5.74, 6) is -0.695. The standard InChI is InChI=1S/C21H24FN3O3/c1-3-25-14-15(28-19-11-7-6-10-18(19)25)13-24(2)20(26)12-23-21(27)16-8-4-5-9-17(16)22/h4-11,15H,3,12-14H2,1-2H3,(H,23,27)/t15-/m0/s1. The van der Waals surface area contributed by atoms with Gasteiger partial charge in [0.15, 0.2) is 0 Å². The van der Waals surface area contributed by atoms with Crippen molar-refractivity contribution in [3.63, 3.8) is 0 Å². The van der Waals surface area contributed by atoms with Gasteiger partial charge in [-0.05, 0) is 31.2 Å². The number of rotatable bonds is 6. The van der Waals surface area contributed by atoms with Gasteiger partial charge in [-0.3, -0.25) is 9.59 Å². The van der Waals surface area contributed by atoms with E-state index in [0.717, 1.165) is 18.0 Å². The van der Waals surface area contributed by atoms with Crippen LogP contribution in [0.4, 0.5) is 10.1 Å². The second-order valence-electron chi connectivity index (χ2n) is 6.68. The number of halogens is 1. The first-order valence-corrected chi connectivity index (χ1v) is 9.27. The molecule has 1 atom stereocenters. The number of anilines is 1. The molecule has 0 saturated carbocycles. The molecule has 0 aromatic heterocycles. The first-order chi connectivity index (χ1) is 13.5. The van der Waals surface area contributed by atoms with E-state index < -0.39 is 11.7 Å². The van der Waals surface area contributed by atoms with Crippen LogP contribution in [0.25, 0.3) is 0 Å². The third-order valence-corrected chi connectivity index (χ3v) is 4.73. The van der Waals surface area contributed by atoms with E-state index in [0.29, 0.717) is 13.1 Å². The highest BCUT2D eigenvalue weighted by molar-refractivity contribution is 5.96. The molecule has 7 heteroatoms. The number of likely N-dealkylation sites (N-methyl/N-ethyl adjacent to an activating group) is 2. The molecule has 2 aromatic rings. The quantitative estimate of drug-likeness (QED) is 0.829. The normalized spacial score (nSPS) is 15.4. The van der Waals surface area contributed by atoms with Gasteiger partial charge in [-0.25, -0.2) is 4.39 Å². The minimum atomic E-state index is -0.616. The Balaban J connectivity index is 1.55. The molecule has 1 aliphatic rings. The molecular formula is C21H24FN3O3. The lowest BCUT2D eigenvalue weighted by Gasteiger charge is -2.37. The van der Waals surface area contributed by atoms with Crippen molar-refractivity contribution in [1.82, 2.24) is 10.2 Å². The Morgan fingerprint density at radius 3 is 2.68 bits per heavy atom. The molecule has 2 aromatic carbocycles. The van der Waals surface area contributed by atoms with Crippen molar-refractivity contribution in [2.24, 2.45) is 0 Å². The SMILES string of the molecule is CCN1C[C@H](CN(C)C(=O)CNC(=O)c2ccccc2F)Oc2ccccc21.